The number of benzene rings is 1. The number of nitrogens with zero attached hydrogens (tertiary/aromatic N) is 4. The molecule has 3 aromatic rings. The van der Waals surface area contributed by atoms with Gasteiger partial charge in [0.1, 0.15) is 12.3 Å². The van der Waals surface area contributed by atoms with Crippen LogP contribution in [0.1, 0.15) is 10.4 Å². The first-order valence-corrected chi connectivity index (χ1v) is 8.27. The first kappa shape index (κ1) is 19.1. The van der Waals surface area contributed by atoms with Gasteiger partial charge in [0.25, 0.3) is 5.56 Å². The molecule has 10 nitrogen and oxygen atoms in total. The third-order valence-corrected chi connectivity index (χ3v) is 4.29. The zero-order valence-electron chi connectivity index (χ0n) is 15.5. The zero-order chi connectivity index (χ0) is 20.4. The maximum atomic E-state index is 12.4. The SMILES string of the molecule is COc1ccccc1C(=O)COC(=O)Cn1cnc2c1c(=O)n(C)c(=O)n2C. The van der Waals surface area contributed by atoms with Crippen molar-refractivity contribution in [2.45, 2.75) is 6.54 Å². The van der Waals surface area contributed by atoms with Crippen LogP contribution < -0.4 is 16.0 Å². The van der Waals surface area contributed by atoms with Gasteiger partial charge in [-0.2, -0.15) is 0 Å². The van der Waals surface area contributed by atoms with Gasteiger partial charge in [-0.25, -0.2) is 9.78 Å². The number of Topliss-reactive ketones (excluding diaryl/α,β-unsaturated/α-hetero) is 1. The lowest BCUT2D eigenvalue weighted by Gasteiger charge is -2.09. The number of aryl methyl sites for hydroxylation is 1. The number of esters is 1. The second kappa shape index (κ2) is 7.51. The number of ether oxygens (including phenoxy) is 2. The van der Waals surface area contributed by atoms with Crippen molar-refractivity contribution in [3.05, 3.63) is 57.0 Å². The Hall–Kier alpha value is -3.69. The number of para-hydroxylation sites is 1. The standard InChI is InChI=1S/C18H18N4O6/c1-20-16-15(17(25)21(2)18(20)26)22(10-19-16)8-14(24)28-9-12(23)11-6-4-5-7-13(11)27-3/h4-7,10H,8-9H2,1-3H3. The number of aromatic nitrogens is 4. The Morgan fingerprint density at radius 1 is 1.11 bits per heavy atom. The van der Waals surface area contributed by atoms with E-state index in [0.717, 1.165) is 4.57 Å². The van der Waals surface area contributed by atoms with E-state index in [1.54, 1.807) is 24.3 Å². The average Bonchev–Trinajstić information content (AvgIpc) is 3.12. The summed E-state index contributed by atoms with van der Waals surface area (Å²) in [6, 6.07) is 6.60. The molecule has 0 aliphatic carbocycles. The smallest absolute Gasteiger partial charge is 0.332 e. The molecule has 0 radical (unpaired) electrons. The summed E-state index contributed by atoms with van der Waals surface area (Å²) < 4.78 is 13.6. The van der Waals surface area contributed by atoms with Crippen LogP contribution in [0, 0.1) is 0 Å². The molecule has 0 atom stereocenters. The summed E-state index contributed by atoms with van der Waals surface area (Å²) in [5.74, 6) is -0.758. The van der Waals surface area contributed by atoms with Crippen LogP contribution in [-0.4, -0.2) is 44.2 Å². The third kappa shape index (κ3) is 3.31. The second-order valence-corrected chi connectivity index (χ2v) is 6.03. The van der Waals surface area contributed by atoms with Gasteiger partial charge in [0, 0.05) is 14.1 Å². The summed E-state index contributed by atoms with van der Waals surface area (Å²) in [7, 11) is 4.26. The average molecular weight is 386 g/mol. The lowest BCUT2D eigenvalue weighted by atomic mass is 10.1. The Balaban J connectivity index is 1.77. The first-order valence-electron chi connectivity index (χ1n) is 8.27. The summed E-state index contributed by atoms with van der Waals surface area (Å²) in [6.45, 7) is -0.800. The number of rotatable bonds is 6. The summed E-state index contributed by atoms with van der Waals surface area (Å²) in [4.78, 5) is 52.7. The van der Waals surface area contributed by atoms with Crippen LogP contribution in [0.4, 0.5) is 0 Å². The highest BCUT2D eigenvalue weighted by atomic mass is 16.5. The molecule has 0 amide bonds. The van der Waals surface area contributed by atoms with E-state index in [9.17, 15) is 19.2 Å². The molecular weight excluding hydrogens is 368 g/mol. The minimum atomic E-state index is -0.724. The molecule has 0 unspecified atom stereocenters. The maximum Gasteiger partial charge on any atom is 0.332 e. The van der Waals surface area contributed by atoms with Gasteiger partial charge >= 0.3 is 11.7 Å². The van der Waals surface area contributed by atoms with E-state index in [0.29, 0.717) is 11.3 Å². The number of hydrogen-bond acceptors (Lipinski definition) is 7. The molecule has 1 aromatic carbocycles. The minimum Gasteiger partial charge on any atom is -0.496 e. The van der Waals surface area contributed by atoms with Crippen molar-refractivity contribution >= 4 is 22.9 Å². The van der Waals surface area contributed by atoms with Crippen LogP contribution in [0.5, 0.6) is 5.75 Å². The van der Waals surface area contributed by atoms with Crippen molar-refractivity contribution in [1.82, 2.24) is 18.7 Å². The normalized spacial score (nSPS) is 10.8. The molecule has 0 aliphatic rings. The zero-order valence-corrected chi connectivity index (χ0v) is 15.5. The topological polar surface area (TPSA) is 114 Å². The fraction of sp³-hybridized carbons (Fsp3) is 0.278. The van der Waals surface area contributed by atoms with E-state index in [-0.39, 0.29) is 17.7 Å². The van der Waals surface area contributed by atoms with E-state index in [4.69, 9.17) is 9.47 Å². The Bertz CT molecular complexity index is 1190. The highest BCUT2D eigenvalue weighted by Gasteiger charge is 2.18. The molecule has 10 heteroatoms. The predicted octanol–water partition coefficient (Wildman–Crippen LogP) is -0.132. The first-order chi connectivity index (χ1) is 13.3. The van der Waals surface area contributed by atoms with Gasteiger partial charge in [-0.3, -0.25) is 23.5 Å². The van der Waals surface area contributed by atoms with Gasteiger partial charge < -0.3 is 14.0 Å². The molecule has 146 valence electrons. The Labute approximate surface area is 158 Å². The van der Waals surface area contributed by atoms with Gasteiger partial charge in [0.2, 0.25) is 5.78 Å². The van der Waals surface area contributed by atoms with Gasteiger partial charge in [0.05, 0.1) is 19.0 Å². The van der Waals surface area contributed by atoms with Crippen LogP contribution in [-0.2, 0) is 30.2 Å². The van der Waals surface area contributed by atoms with E-state index < -0.39 is 29.6 Å². The van der Waals surface area contributed by atoms with Crippen LogP contribution in [0.2, 0.25) is 0 Å². The van der Waals surface area contributed by atoms with E-state index in [1.807, 2.05) is 0 Å². The summed E-state index contributed by atoms with van der Waals surface area (Å²) in [5, 5.41) is 0. The van der Waals surface area contributed by atoms with E-state index >= 15 is 0 Å². The largest absolute Gasteiger partial charge is 0.496 e. The fourth-order valence-corrected chi connectivity index (χ4v) is 2.80. The van der Waals surface area contributed by atoms with Gasteiger partial charge in [0.15, 0.2) is 17.8 Å². The molecular formula is C18H18N4O6. The quantitative estimate of drug-likeness (QED) is 0.428. The highest BCUT2D eigenvalue weighted by molar-refractivity contribution is 6.00. The van der Waals surface area contributed by atoms with Crippen molar-refractivity contribution in [3.63, 3.8) is 0 Å². The third-order valence-electron chi connectivity index (χ3n) is 4.29. The molecule has 2 aromatic heterocycles. The van der Waals surface area contributed by atoms with Crippen molar-refractivity contribution < 1.29 is 19.1 Å². The van der Waals surface area contributed by atoms with Crippen molar-refractivity contribution in [3.8, 4) is 5.75 Å². The summed E-state index contributed by atoms with van der Waals surface area (Å²) >= 11 is 0. The highest BCUT2D eigenvalue weighted by Crippen LogP contribution is 2.17. The number of hydrogen-bond donors (Lipinski definition) is 0. The Morgan fingerprint density at radius 2 is 1.82 bits per heavy atom. The lowest BCUT2D eigenvalue weighted by molar-refractivity contribution is -0.143. The minimum absolute atomic E-state index is 0.0950. The number of ketones is 1. The maximum absolute atomic E-state index is 12.4. The Morgan fingerprint density at radius 3 is 2.54 bits per heavy atom. The number of methoxy groups -OCH3 is 1. The number of imidazole rings is 1. The van der Waals surface area contributed by atoms with E-state index in [1.165, 1.54) is 36.7 Å². The van der Waals surface area contributed by atoms with Gasteiger partial charge in [-0.05, 0) is 12.1 Å². The van der Waals surface area contributed by atoms with Crippen LogP contribution in [0.25, 0.3) is 11.2 Å². The fourth-order valence-electron chi connectivity index (χ4n) is 2.80. The molecule has 0 fully saturated rings. The van der Waals surface area contributed by atoms with Crippen molar-refractivity contribution in [2.24, 2.45) is 14.1 Å². The molecule has 0 N–H and O–H groups in total. The van der Waals surface area contributed by atoms with Crippen molar-refractivity contribution in [1.29, 1.82) is 0 Å². The summed E-state index contributed by atoms with van der Waals surface area (Å²) in [5.41, 5.74) is -0.542. The molecule has 2 heterocycles. The number of fused-ring (bicyclic) bond motifs is 1. The van der Waals surface area contributed by atoms with Crippen LogP contribution in [0.15, 0.2) is 40.2 Å². The number of carbonyl (C=O) groups excluding carboxylic acids is 2. The van der Waals surface area contributed by atoms with Crippen molar-refractivity contribution in [2.75, 3.05) is 13.7 Å². The lowest BCUT2D eigenvalue weighted by Crippen LogP contribution is -2.37. The molecule has 0 saturated heterocycles. The predicted molar refractivity (Wildman–Crippen MR) is 98.5 cm³/mol. The summed E-state index contributed by atoms with van der Waals surface area (Å²) in [6.07, 6.45) is 1.27. The van der Waals surface area contributed by atoms with Crippen LogP contribution in [0.3, 0.4) is 0 Å². The molecule has 28 heavy (non-hydrogen) atoms. The molecule has 0 saturated carbocycles. The van der Waals surface area contributed by atoms with E-state index in [2.05, 4.69) is 4.98 Å². The molecule has 0 bridgehead atoms. The molecule has 0 spiro atoms. The van der Waals surface area contributed by atoms with Gasteiger partial charge in [-0.1, -0.05) is 12.1 Å². The Kier molecular flexibility index (Phi) is 5.12. The second-order valence-electron chi connectivity index (χ2n) is 6.03. The monoisotopic (exact) mass is 386 g/mol. The van der Waals surface area contributed by atoms with Crippen LogP contribution >= 0.6 is 0 Å². The molecule has 3 rings (SSSR count). The number of carbonyl (C=O) groups is 2. The molecule has 0 aliphatic heterocycles. The van der Waals surface area contributed by atoms with Gasteiger partial charge in [-0.15, -0.1) is 0 Å².